The highest BCUT2D eigenvalue weighted by molar-refractivity contribution is 5.94. The second kappa shape index (κ2) is 10.4. The number of rotatable bonds is 9. The molecule has 0 radical (unpaired) electrons. The minimum atomic E-state index is -0.142. The lowest BCUT2D eigenvalue weighted by Gasteiger charge is -2.08. The standard InChI is InChI=1S/C23H27N5O3/c1-16-22(28-15-7-5-8-20(28)25-16)23(31)24-14-6-3-4-9-21(30)27-19-12-10-18(11-13-19)26-17(2)29/h5,7-8,10-13,15H,3-4,6,9,14H2,1-2H3,(H,24,31)(H,26,29)(H,27,30). The molecule has 0 saturated heterocycles. The maximum Gasteiger partial charge on any atom is 0.270 e. The van der Waals surface area contributed by atoms with Crippen LogP contribution in [0.1, 0.15) is 48.8 Å². The average molecular weight is 422 g/mol. The van der Waals surface area contributed by atoms with E-state index in [0.29, 0.717) is 35.7 Å². The fourth-order valence-corrected chi connectivity index (χ4v) is 3.32. The van der Waals surface area contributed by atoms with Crippen molar-refractivity contribution < 1.29 is 14.4 Å². The molecule has 0 unspecified atom stereocenters. The predicted molar refractivity (Wildman–Crippen MR) is 120 cm³/mol. The first-order chi connectivity index (χ1) is 14.9. The summed E-state index contributed by atoms with van der Waals surface area (Å²) in [5.41, 5.74) is 3.38. The van der Waals surface area contributed by atoms with Crippen molar-refractivity contribution in [1.29, 1.82) is 0 Å². The van der Waals surface area contributed by atoms with E-state index in [0.717, 1.165) is 24.9 Å². The molecule has 8 nitrogen and oxygen atoms in total. The summed E-state index contributed by atoms with van der Waals surface area (Å²) in [6, 6.07) is 12.6. The molecule has 0 fully saturated rings. The van der Waals surface area contributed by atoms with Crippen LogP contribution in [0.2, 0.25) is 0 Å². The van der Waals surface area contributed by atoms with Crippen molar-refractivity contribution in [3.63, 3.8) is 0 Å². The van der Waals surface area contributed by atoms with E-state index in [-0.39, 0.29) is 17.7 Å². The molecule has 8 heteroatoms. The maximum atomic E-state index is 12.5. The van der Waals surface area contributed by atoms with Gasteiger partial charge in [0.25, 0.3) is 5.91 Å². The molecule has 31 heavy (non-hydrogen) atoms. The Morgan fingerprint density at radius 2 is 1.65 bits per heavy atom. The van der Waals surface area contributed by atoms with Gasteiger partial charge in [-0.1, -0.05) is 12.5 Å². The summed E-state index contributed by atoms with van der Waals surface area (Å²) in [5.74, 6) is -0.337. The summed E-state index contributed by atoms with van der Waals surface area (Å²) < 4.78 is 1.79. The number of amides is 3. The topological polar surface area (TPSA) is 105 Å². The van der Waals surface area contributed by atoms with Gasteiger partial charge in [-0.15, -0.1) is 0 Å². The molecule has 0 aliphatic heterocycles. The Kier molecular flexibility index (Phi) is 7.37. The number of aryl methyl sites for hydroxylation is 1. The molecule has 0 saturated carbocycles. The lowest BCUT2D eigenvalue weighted by molar-refractivity contribution is -0.116. The predicted octanol–water partition coefficient (Wildman–Crippen LogP) is 3.53. The number of anilines is 2. The molecule has 3 amide bonds. The number of unbranched alkanes of at least 4 members (excludes halogenated alkanes) is 2. The van der Waals surface area contributed by atoms with Crippen LogP contribution < -0.4 is 16.0 Å². The van der Waals surface area contributed by atoms with Gasteiger partial charge in [0.1, 0.15) is 11.3 Å². The monoisotopic (exact) mass is 421 g/mol. The SMILES string of the molecule is CC(=O)Nc1ccc(NC(=O)CCCCCNC(=O)c2c(C)nc3ccccn23)cc1. The summed E-state index contributed by atoms with van der Waals surface area (Å²) in [5, 5.41) is 8.46. The van der Waals surface area contributed by atoms with Crippen LogP contribution in [0.5, 0.6) is 0 Å². The number of benzene rings is 1. The van der Waals surface area contributed by atoms with Crippen molar-refractivity contribution >= 4 is 34.7 Å². The van der Waals surface area contributed by atoms with E-state index in [1.807, 2.05) is 31.3 Å². The third-order valence-corrected chi connectivity index (χ3v) is 4.77. The molecule has 3 rings (SSSR count). The molecular weight excluding hydrogens is 394 g/mol. The molecule has 2 heterocycles. The number of carbonyl (C=O) groups is 3. The van der Waals surface area contributed by atoms with Crippen molar-refractivity contribution in [2.75, 3.05) is 17.2 Å². The van der Waals surface area contributed by atoms with Gasteiger partial charge in [0, 0.05) is 37.5 Å². The molecule has 162 valence electrons. The zero-order valence-corrected chi connectivity index (χ0v) is 17.8. The number of nitrogens with one attached hydrogen (secondary N) is 3. The Bertz CT molecular complexity index is 1070. The third-order valence-electron chi connectivity index (χ3n) is 4.77. The van der Waals surface area contributed by atoms with E-state index in [1.54, 1.807) is 28.7 Å². The quantitative estimate of drug-likeness (QED) is 0.460. The molecule has 0 spiro atoms. The summed E-state index contributed by atoms with van der Waals surface area (Å²) in [6.45, 7) is 3.82. The Labute approximate surface area is 181 Å². The molecule has 3 N–H and O–H groups in total. The molecule has 2 aromatic heterocycles. The summed E-state index contributed by atoms with van der Waals surface area (Å²) >= 11 is 0. The molecule has 0 bridgehead atoms. The zero-order chi connectivity index (χ0) is 22.2. The molecule has 3 aromatic rings. The van der Waals surface area contributed by atoms with Gasteiger partial charge < -0.3 is 16.0 Å². The minimum absolute atomic E-state index is 0.0577. The van der Waals surface area contributed by atoms with E-state index < -0.39 is 0 Å². The Hall–Kier alpha value is -3.68. The van der Waals surface area contributed by atoms with E-state index in [1.165, 1.54) is 6.92 Å². The molecule has 0 aliphatic carbocycles. The average Bonchev–Trinajstić information content (AvgIpc) is 3.07. The van der Waals surface area contributed by atoms with Crippen LogP contribution >= 0.6 is 0 Å². The van der Waals surface area contributed by atoms with Gasteiger partial charge in [-0.2, -0.15) is 0 Å². The molecule has 1 aromatic carbocycles. The van der Waals surface area contributed by atoms with Crippen LogP contribution in [0.25, 0.3) is 5.65 Å². The van der Waals surface area contributed by atoms with Gasteiger partial charge >= 0.3 is 0 Å². The van der Waals surface area contributed by atoms with Crippen LogP contribution in [0.4, 0.5) is 11.4 Å². The van der Waals surface area contributed by atoms with E-state index in [9.17, 15) is 14.4 Å². The summed E-state index contributed by atoms with van der Waals surface area (Å²) in [4.78, 5) is 40.0. The highest BCUT2D eigenvalue weighted by Gasteiger charge is 2.15. The number of pyridine rings is 1. The zero-order valence-electron chi connectivity index (χ0n) is 17.8. The smallest absolute Gasteiger partial charge is 0.270 e. The first kappa shape index (κ1) is 22.0. The molecule has 0 aliphatic rings. The number of imidazole rings is 1. The number of nitrogens with zero attached hydrogens (tertiary/aromatic N) is 2. The lowest BCUT2D eigenvalue weighted by Crippen LogP contribution is -2.26. The summed E-state index contributed by atoms with van der Waals surface area (Å²) in [7, 11) is 0. The number of hydrogen-bond donors (Lipinski definition) is 3. The first-order valence-electron chi connectivity index (χ1n) is 10.3. The van der Waals surface area contributed by atoms with Crippen molar-refractivity contribution in [2.45, 2.75) is 39.5 Å². The summed E-state index contributed by atoms with van der Waals surface area (Å²) in [6.07, 6.45) is 4.60. The highest BCUT2D eigenvalue weighted by atomic mass is 16.2. The van der Waals surface area contributed by atoms with Crippen LogP contribution in [-0.4, -0.2) is 33.7 Å². The van der Waals surface area contributed by atoms with Gasteiger partial charge in [0.15, 0.2) is 0 Å². The second-order valence-corrected chi connectivity index (χ2v) is 7.35. The van der Waals surface area contributed by atoms with Gasteiger partial charge in [-0.25, -0.2) is 4.98 Å². The molecular formula is C23H27N5O3. The van der Waals surface area contributed by atoms with E-state index in [4.69, 9.17) is 0 Å². The Morgan fingerprint density at radius 1 is 0.935 bits per heavy atom. The largest absolute Gasteiger partial charge is 0.351 e. The van der Waals surface area contributed by atoms with E-state index in [2.05, 4.69) is 20.9 Å². The fraction of sp³-hybridized carbons (Fsp3) is 0.304. The van der Waals surface area contributed by atoms with Gasteiger partial charge in [-0.05, 0) is 56.2 Å². The highest BCUT2D eigenvalue weighted by Crippen LogP contribution is 2.14. The van der Waals surface area contributed by atoms with Crippen molar-refractivity contribution in [3.8, 4) is 0 Å². The van der Waals surface area contributed by atoms with Crippen molar-refractivity contribution in [3.05, 3.63) is 60.0 Å². The number of carbonyl (C=O) groups excluding carboxylic acids is 3. The van der Waals surface area contributed by atoms with Gasteiger partial charge in [-0.3, -0.25) is 18.8 Å². The van der Waals surface area contributed by atoms with Crippen molar-refractivity contribution in [1.82, 2.24) is 14.7 Å². The second-order valence-electron chi connectivity index (χ2n) is 7.35. The number of fused-ring (bicyclic) bond motifs is 1. The lowest BCUT2D eigenvalue weighted by atomic mass is 10.2. The third kappa shape index (κ3) is 6.15. The number of hydrogen-bond acceptors (Lipinski definition) is 4. The number of aromatic nitrogens is 2. The van der Waals surface area contributed by atoms with Crippen molar-refractivity contribution in [2.24, 2.45) is 0 Å². The normalized spacial score (nSPS) is 10.6. The Balaban J connectivity index is 1.34. The minimum Gasteiger partial charge on any atom is -0.351 e. The van der Waals surface area contributed by atoms with Crippen LogP contribution in [0.3, 0.4) is 0 Å². The van der Waals surface area contributed by atoms with Gasteiger partial charge in [0.05, 0.1) is 5.69 Å². The van der Waals surface area contributed by atoms with Crippen LogP contribution in [0.15, 0.2) is 48.7 Å². The Morgan fingerprint density at radius 3 is 2.35 bits per heavy atom. The maximum absolute atomic E-state index is 12.5. The van der Waals surface area contributed by atoms with Crippen LogP contribution in [0, 0.1) is 6.92 Å². The fourth-order valence-electron chi connectivity index (χ4n) is 3.32. The van der Waals surface area contributed by atoms with Crippen LogP contribution in [-0.2, 0) is 9.59 Å². The first-order valence-corrected chi connectivity index (χ1v) is 10.3. The van der Waals surface area contributed by atoms with Gasteiger partial charge in [0.2, 0.25) is 11.8 Å². The molecule has 0 atom stereocenters. The van der Waals surface area contributed by atoms with E-state index >= 15 is 0 Å².